The maximum absolute atomic E-state index is 12.9. The second kappa shape index (κ2) is 11.0. The molecule has 0 aliphatic carbocycles. The fourth-order valence-corrected chi connectivity index (χ4v) is 5.09. The molecule has 1 saturated heterocycles. The predicted molar refractivity (Wildman–Crippen MR) is 139 cm³/mol. The number of amides is 2. The third kappa shape index (κ3) is 5.86. The molecule has 1 aliphatic rings. The van der Waals surface area contributed by atoms with E-state index in [9.17, 15) is 14.4 Å². The number of esters is 1. The van der Waals surface area contributed by atoms with Crippen molar-refractivity contribution in [2.24, 2.45) is 0 Å². The number of hydrogen-bond donors (Lipinski definition) is 1. The van der Waals surface area contributed by atoms with E-state index in [-0.39, 0.29) is 23.8 Å². The van der Waals surface area contributed by atoms with E-state index in [1.807, 2.05) is 48.2 Å². The molecule has 3 aromatic carbocycles. The van der Waals surface area contributed by atoms with Crippen molar-refractivity contribution in [2.75, 3.05) is 17.7 Å². The summed E-state index contributed by atoms with van der Waals surface area (Å²) in [5.41, 5.74) is 4.20. The number of carbonyl (C=O) groups excluding carboxylic acids is 3. The molecule has 1 heterocycles. The number of ether oxygens (including phenoxy) is 1. The Balaban J connectivity index is 1.47. The molecule has 180 valence electrons. The van der Waals surface area contributed by atoms with E-state index in [2.05, 4.69) is 5.32 Å². The first-order valence-corrected chi connectivity index (χ1v) is 12.6. The van der Waals surface area contributed by atoms with Gasteiger partial charge in [-0.05, 0) is 66.9 Å². The molecule has 35 heavy (non-hydrogen) atoms. The van der Waals surface area contributed by atoms with Crippen molar-refractivity contribution in [2.45, 2.75) is 25.8 Å². The summed E-state index contributed by atoms with van der Waals surface area (Å²) in [5.74, 6) is -0.224. The van der Waals surface area contributed by atoms with E-state index >= 15 is 0 Å². The number of nitrogens with one attached hydrogen (secondary N) is 1. The lowest BCUT2D eigenvalue weighted by atomic mass is 10.1. The van der Waals surface area contributed by atoms with E-state index in [1.54, 1.807) is 49.0 Å². The molecule has 1 unspecified atom stereocenters. The zero-order valence-corrected chi connectivity index (χ0v) is 21.0. The lowest BCUT2D eigenvalue weighted by molar-refractivity contribution is -0.128. The van der Waals surface area contributed by atoms with Gasteiger partial charge in [-0.15, -0.1) is 11.8 Å². The zero-order chi connectivity index (χ0) is 24.9. The Hall–Kier alpha value is -3.29. The highest BCUT2D eigenvalue weighted by Gasteiger charge is 2.32. The van der Waals surface area contributed by atoms with Gasteiger partial charge in [-0.2, -0.15) is 0 Å². The Kier molecular flexibility index (Phi) is 7.78. The third-order valence-electron chi connectivity index (χ3n) is 5.69. The van der Waals surface area contributed by atoms with Gasteiger partial charge in [0.2, 0.25) is 5.91 Å². The molecule has 1 fully saturated rings. The lowest BCUT2D eigenvalue weighted by Crippen LogP contribution is -2.27. The van der Waals surface area contributed by atoms with E-state index in [0.717, 1.165) is 16.7 Å². The lowest BCUT2D eigenvalue weighted by Gasteiger charge is -2.24. The van der Waals surface area contributed by atoms with Gasteiger partial charge in [-0.1, -0.05) is 41.9 Å². The molecule has 0 radical (unpaired) electrons. The number of anilines is 1. The average Bonchev–Trinajstić information content (AvgIpc) is 3.22. The van der Waals surface area contributed by atoms with Crippen molar-refractivity contribution in [3.63, 3.8) is 0 Å². The summed E-state index contributed by atoms with van der Waals surface area (Å²) in [5, 5.41) is 3.41. The van der Waals surface area contributed by atoms with Gasteiger partial charge in [0, 0.05) is 22.8 Å². The zero-order valence-electron chi connectivity index (χ0n) is 19.4. The van der Waals surface area contributed by atoms with Gasteiger partial charge >= 0.3 is 5.97 Å². The second-order valence-electron chi connectivity index (χ2n) is 8.14. The summed E-state index contributed by atoms with van der Waals surface area (Å²) < 4.78 is 5.05. The van der Waals surface area contributed by atoms with Crippen LogP contribution in [0.2, 0.25) is 5.02 Å². The third-order valence-corrected chi connectivity index (χ3v) is 7.20. The Labute approximate surface area is 213 Å². The molecule has 0 bridgehead atoms. The van der Waals surface area contributed by atoms with Crippen LogP contribution in [0.4, 0.5) is 5.69 Å². The van der Waals surface area contributed by atoms with Crippen LogP contribution in [0.3, 0.4) is 0 Å². The van der Waals surface area contributed by atoms with Crippen molar-refractivity contribution < 1.29 is 19.1 Å². The number of rotatable bonds is 7. The van der Waals surface area contributed by atoms with Crippen LogP contribution in [0.5, 0.6) is 0 Å². The van der Waals surface area contributed by atoms with Gasteiger partial charge in [0.25, 0.3) is 5.91 Å². The van der Waals surface area contributed by atoms with E-state index in [4.69, 9.17) is 16.3 Å². The summed E-state index contributed by atoms with van der Waals surface area (Å²) in [6.45, 7) is 4.38. The molecular weight excluding hydrogens is 484 g/mol. The van der Waals surface area contributed by atoms with E-state index in [0.29, 0.717) is 34.1 Å². The summed E-state index contributed by atoms with van der Waals surface area (Å²) in [6, 6.07) is 19.8. The Morgan fingerprint density at radius 2 is 1.74 bits per heavy atom. The number of carbonyl (C=O) groups is 3. The maximum atomic E-state index is 12.9. The van der Waals surface area contributed by atoms with Crippen molar-refractivity contribution in [1.82, 2.24) is 4.90 Å². The fraction of sp³-hybridized carbons (Fsp3) is 0.222. The van der Waals surface area contributed by atoms with Crippen molar-refractivity contribution in [3.05, 3.63) is 99.6 Å². The number of thioether (sulfide) groups is 1. The standard InChI is InChI=1S/C27H25ClN2O4S/c1-3-34-27(33)21-7-4-17(2)23(14-21)29-25(32)19-8-10-20(11-9-19)26-30(24(31)16-35-26)15-18-5-12-22(28)13-6-18/h4-14,26H,3,15-16H2,1-2H3,(H,29,32). The van der Waals surface area contributed by atoms with Crippen molar-refractivity contribution in [3.8, 4) is 0 Å². The first kappa shape index (κ1) is 24.8. The predicted octanol–water partition coefficient (Wildman–Crippen LogP) is 5.85. The summed E-state index contributed by atoms with van der Waals surface area (Å²) in [7, 11) is 0. The molecule has 1 N–H and O–H groups in total. The van der Waals surface area contributed by atoms with Gasteiger partial charge in [-0.3, -0.25) is 9.59 Å². The SMILES string of the molecule is CCOC(=O)c1ccc(C)c(NC(=O)c2ccc(C3SCC(=O)N3Cc3ccc(Cl)cc3)cc2)c1. The van der Waals surface area contributed by atoms with Crippen LogP contribution in [0, 0.1) is 6.92 Å². The van der Waals surface area contributed by atoms with Crippen LogP contribution in [-0.4, -0.2) is 35.0 Å². The molecule has 0 aromatic heterocycles. The van der Waals surface area contributed by atoms with Crippen molar-refractivity contribution in [1.29, 1.82) is 0 Å². The Morgan fingerprint density at radius 3 is 2.43 bits per heavy atom. The van der Waals surface area contributed by atoms with Crippen LogP contribution in [0.25, 0.3) is 0 Å². The molecule has 1 aliphatic heterocycles. The van der Waals surface area contributed by atoms with Crippen LogP contribution >= 0.6 is 23.4 Å². The first-order valence-electron chi connectivity index (χ1n) is 11.2. The van der Waals surface area contributed by atoms with Gasteiger partial charge in [0.1, 0.15) is 5.37 Å². The molecule has 1 atom stereocenters. The van der Waals surface area contributed by atoms with Gasteiger partial charge < -0.3 is 15.0 Å². The largest absolute Gasteiger partial charge is 0.462 e. The molecule has 8 heteroatoms. The minimum Gasteiger partial charge on any atom is -0.462 e. The van der Waals surface area contributed by atoms with E-state index in [1.165, 1.54) is 0 Å². The summed E-state index contributed by atoms with van der Waals surface area (Å²) >= 11 is 7.55. The average molecular weight is 509 g/mol. The van der Waals surface area contributed by atoms with Crippen LogP contribution in [0.1, 0.15) is 49.7 Å². The maximum Gasteiger partial charge on any atom is 0.338 e. The molecule has 4 rings (SSSR count). The number of aryl methyl sites for hydroxylation is 1. The Bertz CT molecular complexity index is 1250. The molecule has 2 amide bonds. The minimum absolute atomic E-state index is 0.0775. The fourth-order valence-electron chi connectivity index (χ4n) is 3.78. The molecule has 6 nitrogen and oxygen atoms in total. The highest BCUT2D eigenvalue weighted by atomic mass is 35.5. The first-order chi connectivity index (χ1) is 16.9. The van der Waals surface area contributed by atoms with E-state index < -0.39 is 5.97 Å². The number of nitrogens with zero attached hydrogens (tertiary/aromatic N) is 1. The van der Waals surface area contributed by atoms with Crippen molar-refractivity contribution >= 4 is 46.8 Å². The van der Waals surface area contributed by atoms with Gasteiger partial charge in [0.15, 0.2) is 0 Å². The highest BCUT2D eigenvalue weighted by Crippen LogP contribution is 2.39. The molecule has 0 saturated carbocycles. The smallest absolute Gasteiger partial charge is 0.338 e. The summed E-state index contributed by atoms with van der Waals surface area (Å²) in [4.78, 5) is 39.3. The monoisotopic (exact) mass is 508 g/mol. The number of benzene rings is 3. The molecule has 0 spiro atoms. The quantitative estimate of drug-likeness (QED) is 0.405. The van der Waals surface area contributed by atoms with Crippen LogP contribution in [-0.2, 0) is 16.1 Å². The topological polar surface area (TPSA) is 75.7 Å². The highest BCUT2D eigenvalue weighted by molar-refractivity contribution is 8.00. The number of hydrogen-bond acceptors (Lipinski definition) is 5. The molecule has 3 aromatic rings. The summed E-state index contributed by atoms with van der Waals surface area (Å²) in [6.07, 6.45) is 0. The number of halogens is 1. The Morgan fingerprint density at radius 1 is 1.06 bits per heavy atom. The second-order valence-corrected chi connectivity index (χ2v) is 9.64. The van der Waals surface area contributed by atoms with Gasteiger partial charge in [0.05, 0.1) is 17.9 Å². The van der Waals surface area contributed by atoms with Crippen LogP contribution < -0.4 is 5.32 Å². The minimum atomic E-state index is -0.431. The van der Waals surface area contributed by atoms with Crippen LogP contribution in [0.15, 0.2) is 66.7 Å². The normalized spacial score (nSPS) is 15.2. The van der Waals surface area contributed by atoms with Gasteiger partial charge in [-0.25, -0.2) is 4.79 Å². The molecular formula is C27H25ClN2O4S.